The molecule has 0 saturated carbocycles. The van der Waals surface area contributed by atoms with E-state index < -0.39 is 0 Å². The molecule has 0 bridgehead atoms. The average Bonchev–Trinajstić information content (AvgIpc) is 2.31. The normalized spacial score (nSPS) is 10.3. The summed E-state index contributed by atoms with van der Waals surface area (Å²) in [6, 6.07) is 0. The van der Waals surface area contributed by atoms with Crippen molar-refractivity contribution >= 4 is 6.47 Å². The summed E-state index contributed by atoms with van der Waals surface area (Å²) < 4.78 is 0. The first-order valence-corrected chi connectivity index (χ1v) is 6.74. The van der Waals surface area contributed by atoms with Crippen LogP contribution in [0.15, 0.2) is 0 Å². The molecule has 16 heavy (non-hydrogen) atoms. The van der Waals surface area contributed by atoms with E-state index in [2.05, 4.69) is 17.2 Å². The lowest BCUT2D eigenvalue weighted by atomic mass is 10.1. The van der Waals surface area contributed by atoms with Crippen molar-refractivity contribution in [1.82, 2.24) is 5.48 Å². The van der Waals surface area contributed by atoms with Crippen LogP contribution >= 0.6 is 0 Å². The Bertz CT molecular complexity index is 140. The zero-order chi connectivity index (χ0) is 11.9. The Morgan fingerprint density at radius 2 is 1.38 bits per heavy atom. The van der Waals surface area contributed by atoms with Crippen molar-refractivity contribution in [2.24, 2.45) is 0 Å². The lowest BCUT2D eigenvalue weighted by Gasteiger charge is -2.02. The van der Waals surface area contributed by atoms with Crippen molar-refractivity contribution in [3.05, 3.63) is 0 Å². The second-order valence-electron chi connectivity index (χ2n) is 4.29. The van der Waals surface area contributed by atoms with Crippen LogP contribution in [0.2, 0.25) is 0 Å². The van der Waals surface area contributed by atoms with Gasteiger partial charge in [-0.3, -0.25) is 4.79 Å². The van der Waals surface area contributed by atoms with Gasteiger partial charge in [-0.1, -0.05) is 64.7 Å². The first kappa shape index (κ1) is 15.4. The van der Waals surface area contributed by atoms with Crippen molar-refractivity contribution in [3.63, 3.8) is 0 Å². The molecule has 0 rings (SSSR count). The third-order valence-electron chi connectivity index (χ3n) is 2.76. The maximum atomic E-state index is 9.80. The fraction of sp³-hybridized carbons (Fsp3) is 0.923. The van der Waals surface area contributed by atoms with Crippen LogP contribution in [-0.4, -0.2) is 13.0 Å². The lowest BCUT2D eigenvalue weighted by molar-refractivity contribution is -0.135. The van der Waals surface area contributed by atoms with Crippen LogP contribution in [0.5, 0.6) is 0 Å². The Balaban J connectivity index is 2.85. The molecular formula is C13H27NO2. The van der Waals surface area contributed by atoms with E-state index in [1.165, 1.54) is 57.8 Å². The van der Waals surface area contributed by atoms with Crippen LogP contribution in [-0.2, 0) is 9.63 Å². The van der Waals surface area contributed by atoms with Crippen LogP contribution in [0.25, 0.3) is 0 Å². The molecule has 0 atom stereocenters. The van der Waals surface area contributed by atoms with Gasteiger partial charge in [0.25, 0.3) is 0 Å². The van der Waals surface area contributed by atoms with Gasteiger partial charge in [0.15, 0.2) is 0 Å². The number of rotatable bonds is 13. The third-order valence-corrected chi connectivity index (χ3v) is 2.76. The molecule has 0 aliphatic carbocycles. The minimum atomic E-state index is 0.427. The highest BCUT2D eigenvalue weighted by molar-refractivity contribution is 5.36. The summed E-state index contributed by atoms with van der Waals surface area (Å²) in [5.74, 6) is 0. The SMILES string of the molecule is CCCCCCCCCCCCNOC=O. The Labute approximate surface area is 99.9 Å². The molecule has 0 aromatic carbocycles. The van der Waals surface area contributed by atoms with Gasteiger partial charge in [0, 0.05) is 6.54 Å². The van der Waals surface area contributed by atoms with Crippen molar-refractivity contribution in [2.75, 3.05) is 6.54 Å². The quantitative estimate of drug-likeness (QED) is 0.298. The molecule has 0 aliphatic heterocycles. The number of carbonyl (C=O) groups excluding carboxylic acids is 1. The van der Waals surface area contributed by atoms with Gasteiger partial charge in [-0.05, 0) is 6.42 Å². The minimum Gasteiger partial charge on any atom is -0.374 e. The van der Waals surface area contributed by atoms with Crippen LogP contribution in [0, 0.1) is 0 Å². The largest absolute Gasteiger partial charge is 0.374 e. The second-order valence-corrected chi connectivity index (χ2v) is 4.29. The first-order chi connectivity index (χ1) is 7.91. The molecule has 0 aromatic rings. The van der Waals surface area contributed by atoms with Gasteiger partial charge < -0.3 is 4.84 Å². The minimum absolute atomic E-state index is 0.427. The summed E-state index contributed by atoms with van der Waals surface area (Å²) in [7, 11) is 0. The van der Waals surface area contributed by atoms with Gasteiger partial charge >= 0.3 is 6.47 Å². The van der Waals surface area contributed by atoms with Crippen molar-refractivity contribution in [2.45, 2.75) is 71.1 Å². The van der Waals surface area contributed by atoms with Gasteiger partial charge in [-0.2, -0.15) is 5.48 Å². The van der Waals surface area contributed by atoms with E-state index in [4.69, 9.17) is 0 Å². The molecule has 3 heteroatoms. The summed E-state index contributed by atoms with van der Waals surface area (Å²) >= 11 is 0. The first-order valence-electron chi connectivity index (χ1n) is 6.74. The molecule has 96 valence electrons. The Hall–Kier alpha value is -0.570. The van der Waals surface area contributed by atoms with Crippen LogP contribution < -0.4 is 5.48 Å². The zero-order valence-corrected chi connectivity index (χ0v) is 10.7. The van der Waals surface area contributed by atoms with E-state index in [9.17, 15) is 4.79 Å². The van der Waals surface area contributed by atoms with Crippen molar-refractivity contribution < 1.29 is 9.63 Å². The van der Waals surface area contributed by atoms with Gasteiger partial charge in [0.2, 0.25) is 0 Å². The van der Waals surface area contributed by atoms with E-state index in [0.29, 0.717) is 6.47 Å². The topological polar surface area (TPSA) is 38.3 Å². The van der Waals surface area contributed by atoms with E-state index in [1.807, 2.05) is 0 Å². The molecule has 1 N–H and O–H groups in total. The molecule has 0 heterocycles. The molecular weight excluding hydrogens is 202 g/mol. The van der Waals surface area contributed by atoms with Crippen LogP contribution in [0.3, 0.4) is 0 Å². The van der Waals surface area contributed by atoms with Crippen molar-refractivity contribution in [3.8, 4) is 0 Å². The maximum Gasteiger partial charge on any atom is 0.312 e. The van der Waals surface area contributed by atoms with Crippen LogP contribution in [0.1, 0.15) is 71.1 Å². The number of nitrogens with one attached hydrogen (secondary N) is 1. The summed E-state index contributed by atoms with van der Waals surface area (Å²) in [5, 5.41) is 0. The maximum absolute atomic E-state index is 9.80. The highest BCUT2D eigenvalue weighted by atomic mass is 16.7. The standard InChI is InChI=1S/C13H27NO2/c1-2-3-4-5-6-7-8-9-10-11-12-14-16-13-15/h13-14H,2-12H2,1H3. The highest BCUT2D eigenvalue weighted by Gasteiger charge is 1.92. The number of carbonyl (C=O) groups is 1. The number of hydrogen-bond donors (Lipinski definition) is 1. The Kier molecular flexibility index (Phi) is 13.9. The molecule has 0 unspecified atom stereocenters. The molecule has 0 aliphatic rings. The second kappa shape index (κ2) is 14.4. The average molecular weight is 229 g/mol. The molecule has 0 aromatic heterocycles. The molecule has 0 spiro atoms. The lowest BCUT2D eigenvalue weighted by Crippen LogP contribution is -2.14. The van der Waals surface area contributed by atoms with Crippen LogP contribution in [0.4, 0.5) is 0 Å². The Morgan fingerprint density at radius 1 is 0.875 bits per heavy atom. The van der Waals surface area contributed by atoms with E-state index in [0.717, 1.165) is 13.0 Å². The molecule has 3 nitrogen and oxygen atoms in total. The van der Waals surface area contributed by atoms with Gasteiger partial charge in [-0.25, -0.2) is 0 Å². The van der Waals surface area contributed by atoms with Crippen molar-refractivity contribution in [1.29, 1.82) is 0 Å². The molecule has 0 radical (unpaired) electrons. The predicted molar refractivity (Wildman–Crippen MR) is 67.0 cm³/mol. The van der Waals surface area contributed by atoms with Gasteiger partial charge in [0.1, 0.15) is 0 Å². The predicted octanol–water partition coefficient (Wildman–Crippen LogP) is 3.58. The smallest absolute Gasteiger partial charge is 0.312 e. The van der Waals surface area contributed by atoms with Gasteiger partial charge in [0.05, 0.1) is 0 Å². The molecule has 0 saturated heterocycles. The molecule has 0 amide bonds. The summed E-state index contributed by atoms with van der Waals surface area (Å²) in [5.41, 5.74) is 2.59. The van der Waals surface area contributed by atoms with Gasteiger partial charge in [-0.15, -0.1) is 0 Å². The third kappa shape index (κ3) is 13.4. The summed E-state index contributed by atoms with van der Waals surface area (Å²) in [6.07, 6.45) is 13.3. The van der Waals surface area contributed by atoms with E-state index in [-0.39, 0.29) is 0 Å². The number of hydrogen-bond acceptors (Lipinski definition) is 3. The molecule has 0 fully saturated rings. The zero-order valence-electron chi connectivity index (χ0n) is 10.7. The monoisotopic (exact) mass is 229 g/mol. The number of hydroxylamine groups is 1. The summed E-state index contributed by atoms with van der Waals surface area (Å²) in [4.78, 5) is 14.2. The highest BCUT2D eigenvalue weighted by Crippen LogP contribution is 2.10. The fourth-order valence-corrected chi connectivity index (χ4v) is 1.78. The Morgan fingerprint density at radius 3 is 1.88 bits per heavy atom. The van der Waals surface area contributed by atoms with E-state index >= 15 is 0 Å². The summed E-state index contributed by atoms with van der Waals surface area (Å²) in [6.45, 7) is 3.45. The van der Waals surface area contributed by atoms with E-state index in [1.54, 1.807) is 0 Å². The fourth-order valence-electron chi connectivity index (χ4n) is 1.78. The number of unbranched alkanes of at least 4 members (excludes halogenated alkanes) is 9.